The van der Waals surface area contributed by atoms with Gasteiger partial charge in [-0.2, -0.15) is 0 Å². The summed E-state index contributed by atoms with van der Waals surface area (Å²) in [5.74, 6) is -3.31. The second kappa shape index (κ2) is 10.3. The van der Waals surface area contributed by atoms with Gasteiger partial charge in [-0.3, -0.25) is 14.4 Å². The Morgan fingerprint density at radius 3 is 2.23 bits per heavy atom. The van der Waals surface area contributed by atoms with Gasteiger partial charge in [0, 0.05) is 18.7 Å². The zero-order valence-electron chi connectivity index (χ0n) is 18.1. The summed E-state index contributed by atoms with van der Waals surface area (Å²) >= 11 is 0. The fourth-order valence-electron chi connectivity index (χ4n) is 3.32. The number of amides is 3. The highest BCUT2D eigenvalue weighted by molar-refractivity contribution is 5.96. The summed E-state index contributed by atoms with van der Waals surface area (Å²) in [6, 6.07) is 2.30. The number of carboxylic acid groups (broad SMARTS) is 1. The van der Waals surface area contributed by atoms with Crippen LogP contribution < -0.4 is 10.6 Å². The fraction of sp³-hybridized carbons (Fsp3) is 0.524. The van der Waals surface area contributed by atoms with Crippen LogP contribution >= 0.6 is 0 Å². The van der Waals surface area contributed by atoms with Gasteiger partial charge in [-0.05, 0) is 44.2 Å². The quantitative estimate of drug-likeness (QED) is 0.566. The molecule has 0 bridgehead atoms. The van der Waals surface area contributed by atoms with Crippen molar-refractivity contribution in [2.75, 3.05) is 26.7 Å². The number of benzene rings is 1. The average molecular weight is 436 g/mol. The van der Waals surface area contributed by atoms with Gasteiger partial charge in [0.05, 0.1) is 12.6 Å². The molecular weight excluding hydrogens is 407 g/mol. The van der Waals surface area contributed by atoms with Crippen molar-refractivity contribution in [1.82, 2.24) is 20.4 Å². The largest absolute Gasteiger partial charge is 0.480 e. The number of rotatable bonds is 7. The minimum absolute atomic E-state index is 0.00338. The lowest BCUT2D eigenvalue weighted by molar-refractivity contribution is -0.155. The summed E-state index contributed by atoms with van der Waals surface area (Å²) in [7, 11) is 1.62. The van der Waals surface area contributed by atoms with Crippen LogP contribution in [-0.4, -0.2) is 83.4 Å². The van der Waals surface area contributed by atoms with Gasteiger partial charge in [0.25, 0.3) is 5.91 Å². The average Bonchev–Trinajstić information content (AvgIpc) is 2.75. The lowest BCUT2D eigenvalue weighted by Crippen LogP contribution is -2.64. The summed E-state index contributed by atoms with van der Waals surface area (Å²) in [4.78, 5) is 52.6. The van der Waals surface area contributed by atoms with Crippen LogP contribution in [0.25, 0.3) is 0 Å². The highest BCUT2D eigenvalue weighted by Gasteiger charge is 2.40. The van der Waals surface area contributed by atoms with Crippen molar-refractivity contribution < 1.29 is 28.7 Å². The predicted molar refractivity (Wildman–Crippen MR) is 111 cm³/mol. The van der Waals surface area contributed by atoms with E-state index in [4.69, 9.17) is 0 Å². The number of nitrogens with zero attached hydrogens (tertiary/aromatic N) is 2. The Hall–Kier alpha value is -3.01. The standard InChI is InChI=1S/C21H29FN4O5/c1-12(2)17(24-18(27)13(3)23-4)20(29)26-10-9-25(11-16(26)21(30)31)19(28)14-5-7-15(22)8-6-14/h5-8,12-13,16-17,23H,9-11H2,1-4H3,(H,24,27)(H,30,31). The molecule has 2 rings (SSSR count). The SMILES string of the molecule is CNC(C)C(=O)NC(C(=O)N1CCN(C(=O)c2ccc(F)cc2)CC1C(=O)O)C(C)C. The van der Waals surface area contributed by atoms with Gasteiger partial charge in [0.1, 0.15) is 17.9 Å². The molecule has 1 aromatic carbocycles. The molecular formula is C21H29FN4O5. The topological polar surface area (TPSA) is 119 Å². The van der Waals surface area contributed by atoms with Crippen LogP contribution in [-0.2, 0) is 14.4 Å². The molecule has 3 unspecified atom stereocenters. The van der Waals surface area contributed by atoms with Gasteiger partial charge in [0.2, 0.25) is 11.8 Å². The molecule has 170 valence electrons. The number of carbonyl (C=O) groups excluding carboxylic acids is 3. The molecule has 9 nitrogen and oxygen atoms in total. The van der Waals surface area contributed by atoms with Crippen molar-refractivity contribution >= 4 is 23.7 Å². The molecule has 1 heterocycles. The molecule has 0 aliphatic carbocycles. The summed E-state index contributed by atoms with van der Waals surface area (Å²) < 4.78 is 13.1. The van der Waals surface area contributed by atoms with Crippen molar-refractivity contribution in [2.45, 2.75) is 38.9 Å². The van der Waals surface area contributed by atoms with Crippen LogP contribution in [0.2, 0.25) is 0 Å². The summed E-state index contributed by atoms with van der Waals surface area (Å²) in [5, 5.41) is 15.2. The minimum Gasteiger partial charge on any atom is -0.480 e. The molecule has 10 heteroatoms. The first kappa shape index (κ1) is 24.3. The van der Waals surface area contributed by atoms with E-state index < -0.39 is 41.7 Å². The smallest absolute Gasteiger partial charge is 0.328 e. The van der Waals surface area contributed by atoms with E-state index in [-0.39, 0.29) is 37.0 Å². The van der Waals surface area contributed by atoms with Crippen LogP contribution in [0.3, 0.4) is 0 Å². The Labute approximate surface area is 180 Å². The van der Waals surface area contributed by atoms with E-state index in [1.807, 2.05) is 0 Å². The van der Waals surface area contributed by atoms with Crippen LogP contribution in [0.4, 0.5) is 4.39 Å². The molecule has 3 amide bonds. The van der Waals surface area contributed by atoms with E-state index in [2.05, 4.69) is 10.6 Å². The second-order valence-electron chi connectivity index (χ2n) is 7.88. The number of carbonyl (C=O) groups is 4. The van der Waals surface area contributed by atoms with Crippen LogP contribution in [0, 0.1) is 11.7 Å². The molecule has 0 saturated carbocycles. The van der Waals surface area contributed by atoms with E-state index in [9.17, 15) is 28.7 Å². The molecule has 0 aromatic heterocycles. The molecule has 3 atom stereocenters. The first-order valence-corrected chi connectivity index (χ1v) is 10.1. The molecule has 1 saturated heterocycles. The van der Waals surface area contributed by atoms with Crippen molar-refractivity contribution in [2.24, 2.45) is 5.92 Å². The van der Waals surface area contributed by atoms with Gasteiger partial charge >= 0.3 is 5.97 Å². The predicted octanol–water partition coefficient (Wildman–Crippen LogP) is 0.312. The second-order valence-corrected chi connectivity index (χ2v) is 7.88. The third-order valence-electron chi connectivity index (χ3n) is 5.38. The number of halogens is 1. The zero-order valence-corrected chi connectivity index (χ0v) is 18.1. The fourth-order valence-corrected chi connectivity index (χ4v) is 3.32. The lowest BCUT2D eigenvalue weighted by atomic mass is 10.00. The van der Waals surface area contributed by atoms with E-state index in [0.717, 1.165) is 12.1 Å². The van der Waals surface area contributed by atoms with Crippen LogP contribution in [0.1, 0.15) is 31.1 Å². The van der Waals surface area contributed by atoms with Gasteiger partial charge in [-0.15, -0.1) is 0 Å². The third kappa shape index (κ3) is 5.78. The maximum atomic E-state index is 13.2. The number of carboxylic acids is 1. The Morgan fingerprint density at radius 1 is 1.10 bits per heavy atom. The molecule has 1 fully saturated rings. The lowest BCUT2D eigenvalue weighted by Gasteiger charge is -2.41. The van der Waals surface area contributed by atoms with Gasteiger partial charge in [-0.1, -0.05) is 13.8 Å². The van der Waals surface area contributed by atoms with E-state index in [0.29, 0.717) is 0 Å². The first-order chi connectivity index (χ1) is 14.6. The number of aliphatic carboxylic acids is 1. The van der Waals surface area contributed by atoms with Crippen LogP contribution in [0.15, 0.2) is 24.3 Å². The Morgan fingerprint density at radius 2 is 1.71 bits per heavy atom. The summed E-state index contributed by atoms with van der Waals surface area (Å²) in [6.07, 6.45) is 0. The Bertz CT molecular complexity index is 830. The van der Waals surface area contributed by atoms with Crippen molar-refractivity contribution in [3.8, 4) is 0 Å². The summed E-state index contributed by atoms with van der Waals surface area (Å²) in [6.45, 7) is 5.09. The summed E-state index contributed by atoms with van der Waals surface area (Å²) in [5.41, 5.74) is 0.235. The number of piperazine rings is 1. The Balaban J connectivity index is 2.18. The normalized spacial score (nSPS) is 18.5. The minimum atomic E-state index is -1.26. The van der Waals surface area contributed by atoms with Crippen molar-refractivity contribution in [3.05, 3.63) is 35.6 Å². The van der Waals surface area contributed by atoms with Gasteiger partial charge in [0.15, 0.2) is 0 Å². The monoisotopic (exact) mass is 436 g/mol. The number of hydrogen-bond acceptors (Lipinski definition) is 5. The van der Waals surface area contributed by atoms with Gasteiger partial charge < -0.3 is 25.5 Å². The molecule has 3 N–H and O–H groups in total. The number of hydrogen-bond donors (Lipinski definition) is 3. The maximum absolute atomic E-state index is 13.2. The number of likely N-dealkylation sites (N-methyl/N-ethyl adjacent to an activating group) is 1. The zero-order chi connectivity index (χ0) is 23.3. The maximum Gasteiger partial charge on any atom is 0.328 e. The molecule has 1 aliphatic heterocycles. The first-order valence-electron chi connectivity index (χ1n) is 10.1. The van der Waals surface area contributed by atoms with Crippen molar-refractivity contribution in [3.63, 3.8) is 0 Å². The number of nitrogens with one attached hydrogen (secondary N) is 2. The molecule has 0 radical (unpaired) electrons. The third-order valence-corrected chi connectivity index (χ3v) is 5.38. The van der Waals surface area contributed by atoms with Crippen molar-refractivity contribution in [1.29, 1.82) is 0 Å². The highest BCUT2D eigenvalue weighted by Crippen LogP contribution is 2.17. The molecule has 31 heavy (non-hydrogen) atoms. The van der Waals surface area contributed by atoms with E-state index in [1.54, 1.807) is 27.8 Å². The Kier molecular flexibility index (Phi) is 8.09. The van der Waals surface area contributed by atoms with Gasteiger partial charge in [-0.25, -0.2) is 9.18 Å². The van der Waals surface area contributed by atoms with E-state index >= 15 is 0 Å². The highest BCUT2D eigenvalue weighted by atomic mass is 19.1. The van der Waals surface area contributed by atoms with E-state index in [1.165, 1.54) is 21.9 Å². The molecule has 1 aromatic rings. The molecule has 1 aliphatic rings. The molecule has 0 spiro atoms. The van der Waals surface area contributed by atoms with Crippen LogP contribution in [0.5, 0.6) is 0 Å².